The smallest absolute Gasteiger partial charge is 0.0976 e. The first kappa shape index (κ1) is 15.4. The zero-order chi connectivity index (χ0) is 12.6. The molecule has 0 spiro atoms. The van der Waals surface area contributed by atoms with Crippen LogP contribution in [0.2, 0.25) is 0 Å². The molecular weight excluding hydrogens is 200 g/mol. The van der Waals surface area contributed by atoms with Gasteiger partial charge in [-0.05, 0) is 31.2 Å². The molecular formula is C13H26N2O. The third-order valence-electron chi connectivity index (χ3n) is 2.74. The van der Waals surface area contributed by atoms with E-state index in [4.69, 9.17) is 10.4 Å². The molecule has 0 aliphatic heterocycles. The van der Waals surface area contributed by atoms with E-state index in [0.29, 0.717) is 12.0 Å². The van der Waals surface area contributed by atoms with Gasteiger partial charge in [-0.1, -0.05) is 27.7 Å². The molecule has 0 aliphatic rings. The van der Waals surface area contributed by atoms with Crippen LogP contribution >= 0.6 is 0 Å². The third kappa shape index (κ3) is 6.81. The molecule has 0 amide bonds. The van der Waals surface area contributed by atoms with Gasteiger partial charge in [0.15, 0.2) is 0 Å². The molecule has 3 heteroatoms. The average Bonchev–Trinajstić information content (AvgIpc) is 2.17. The molecule has 0 bridgehead atoms. The second kappa shape index (κ2) is 7.65. The van der Waals surface area contributed by atoms with Crippen LogP contribution in [0.1, 0.15) is 47.0 Å². The molecule has 0 fully saturated rings. The zero-order valence-corrected chi connectivity index (χ0v) is 11.2. The summed E-state index contributed by atoms with van der Waals surface area (Å²) in [5.74, 6) is 0. The van der Waals surface area contributed by atoms with Crippen LogP contribution in [-0.4, -0.2) is 35.7 Å². The van der Waals surface area contributed by atoms with Crippen molar-refractivity contribution >= 4 is 0 Å². The molecule has 1 N–H and O–H groups in total. The van der Waals surface area contributed by atoms with Gasteiger partial charge in [0.25, 0.3) is 0 Å². The molecule has 1 atom stereocenters. The minimum absolute atomic E-state index is 0.0490. The normalized spacial score (nSPS) is 13.8. The lowest BCUT2D eigenvalue weighted by molar-refractivity contribution is 0.163. The van der Waals surface area contributed by atoms with Crippen LogP contribution in [0, 0.1) is 16.7 Å². The maximum atomic E-state index is 9.01. The molecule has 1 unspecified atom stereocenters. The molecule has 3 nitrogen and oxygen atoms in total. The first-order valence-electron chi connectivity index (χ1n) is 6.19. The summed E-state index contributed by atoms with van der Waals surface area (Å²) < 4.78 is 0. The molecule has 16 heavy (non-hydrogen) atoms. The number of hydrogen-bond donors (Lipinski definition) is 1. The topological polar surface area (TPSA) is 47.3 Å². The highest BCUT2D eigenvalue weighted by molar-refractivity contribution is 4.90. The van der Waals surface area contributed by atoms with Crippen LogP contribution in [0.15, 0.2) is 0 Å². The molecule has 0 aromatic rings. The Hall–Kier alpha value is -0.590. The van der Waals surface area contributed by atoms with E-state index < -0.39 is 0 Å². The predicted molar refractivity (Wildman–Crippen MR) is 67.0 cm³/mol. The zero-order valence-electron chi connectivity index (χ0n) is 11.2. The average molecular weight is 226 g/mol. The number of aliphatic hydroxyl groups is 1. The minimum Gasteiger partial charge on any atom is -0.395 e. The Morgan fingerprint density at radius 3 is 2.31 bits per heavy atom. The quantitative estimate of drug-likeness (QED) is 0.725. The van der Waals surface area contributed by atoms with Crippen molar-refractivity contribution in [3.63, 3.8) is 0 Å². The van der Waals surface area contributed by atoms with Crippen molar-refractivity contribution in [2.45, 2.75) is 53.0 Å². The van der Waals surface area contributed by atoms with Crippen LogP contribution < -0.4 is 0 Å². The van der Waals surface area contributed by atoms with Gasteiger partial charge in [-0.25, -0.2) is 0 Å². The van der Waals surface area contributed by atoms with Crippen molar-refractivity contribution in [2.75, 3.05) is 19.7 Å². The SMILES string of the molecule is CCC(C#N)N(CCO)CCCC(C)(C)C. The summed E-state index contributed by atoms with van der Waals surface area (Å²) in [6.07, 6.45) is 3.06. The summed E-state index contributed by atoms with van der Waals surface area (Å²) in [4.78, 5) is 2.09. The fourth-order valence-electron chi connectivity index (χ4n) is 1.80. The summed E-state index contributed by atoms with van der Waals surface area (Å²) in [7, 11) is 0. The van der Waals surface area contributed by atoms with E-state index in [1.165, 1.54) is 0 Å². The van der Waals surface area contributed by atoms with Crippen molar-refractivity contribution in [3.8, 4) is 6.07 Å². The van der Waals surface area contributed by atoms with Gasteiger partial charge < -0.3 is 5.11 Å². The van der Waals surface area contributed by atoms with Gasteiger partial charge in [0, 0.05) is 6.54 Å². The lowest BCUT2D eigenvalue weighted by Crippen LogP contribution is -2.37. The van der Waals surface area contributed by atoms with E-state index in [1.54, 1.807) is 0 Å². The summed E-state index contributed by atoms with van der Waals surface area (Å²) >= 11 is 0. The summed E-state index contributed by atoms with van der Waals surface area (Å²) in [5, 5.41) is 18.0. The van der Waals surface area contributed by atoms with Gasteiger partial charge in [-0.2, -0.15) is 5.26 Å². The fourth-order valence-corrected chi connectivity index (χ4v) is 1.80. The van der Waals surface area contributed by atoms with Gasteiger partial charge in [0.1, 0.15) is 0 Å². The lowest BCUT2D eigenvalue weighted by atomic mass is 9.90. The molecule has 0 aliphatic carbocycles. The van der Waals surface area contributed by atoms with Gasteiger partial charge in [0.05, 0.1) is 18.7 Å². The molecule has 0 radical (unpaired) electrons. The second-order valence-electron chi connectivity index (χ2n) is 5.48. The Labute approximate surface area is 100 Å². The number of nitriles is 1. The first-order valence-corrected chi connectivity index (χ1v) is 6.19. The molecule has 94 valence electrons. The minimum atomic E-state index is -0.0490. The highest BCUT2D eigenvalue weighted by atomic mass is 16.3. The van der Waals surface area contributed by atoms with E-state index in [2.05, 4.69) is 31.7 Å². The highest BCUT2D eigenvalue weighted by Crippen LogP contribution is 2.21. The van der Waals surface area contributed by atoms with Crippen LogP contribution in [-0.2, 0) is 0 Å². The largest absolute Gasteiger partial charge is 0.395 e. The Bertz CT molecular complexity index is 215. The van der Waals surface area contributed by atoms with Crippen molar-refractivity contribution in [1.29, 1.82) is 5.26 Å². The predicted octanol–water partition coefficient (Wildman–Crippen LogP) is 2.41. The lowest BCUT2D eigenvalue weighted by Gasteiger charge is -2.27. The van der Waals surface area contributed by atoms with Gasteiger partial charge in [0.2, 0.25) is 0 Å². The Kier molecular flexibility index (Phi) is 7.36. The van der Waals surface area contributed by atoms with Crippen molar-refractivity contribution < 1.29 is 5.11 Å². The van der Waals surface area contributed by atoms with Crippen molar-refractivity contribution in [3.05, 3.63) is 0 Å². The first-order chi connectivity index (χ1) is 7.44. The summed E-state index contributed by atoms with van der Waals surface area (Å²) in [6.45, 7) is 10.3. The standard InChI is InChI=1S/C13H26N2O/c1-5-12(11-14)15(9-10-16)8-6-7-13(2,3)4/h12,16H,5-10H2,1-4H3. The molecule has 0 saturated heterocycles. The maximum Gasteiger partial charge on any atom is 0.0976 e. The molecule has 0 rings (SSSR count). The van der Waals surface area contributed by atoms with Crippen LogP contribution in [0.4, 0.5) is 0 Å². The van der Waals surface area contributed by atoms with E-state index in [1.807, 2.05) is 6.92 Å². The second-order valence-corrected chi connectivity index (χ2v) is 5.48. The third-order valence-corrected chi connectivity index (χ3v) is 2.74. The molecule has 0 aromatic carbocycles. The molecule has 0 saturated carbocycles. The van der Waals surface area contributed by atoms with E-state index in [9.17, 15) is 0 Å². The fraction of sp³-hybridized carbons (Fsp3) is 0.923. The van der Waals surface area contributed by atoms with E-state index in [-0.39, 0.29) is 12.6 Å². The monoisotopic (exact) mass is 226 g/mol. The Morgan fingerprint density at radius 1 is 1.31 bits per heavy atom. The van der Waals surface area contributed by atoms with Gasteiger partial charge in [-0.15, -0.1) is 0 Å². The van der Waals surface area contributed by atoms with Crippen molar-refractivity contribution in [1.82, 2.24) is 4.90 Å². The number of rotatable bonds is 7. The summed E-state index contributed by atoms with van der Waals surface area (Å²) in [6, 6.07) is 2.25. The number of aliphatic hydroxyl groups excluding tert-OH is 1. The van der Waals surface area contributed by atoms with Gasteiger partial charge >= 0.3 is 0 Å². The molecule has 0 aromatic heterocycles. The van der Waals surface area contributed by atoms with E-state index >= 15 is 0 Å². The van der Waals surface area contributed by atoms with E-state index in [0.717, 1.165) is 25.8 Å². The summed E-state index contributed by atoms with van der Waals surface area (Å²) in [5.41, 5.74) is 0.346. The van der Waals surface area contributed by atoms with Crippen LogP contribution in [0.3, 0.4) is 0 Å². The van der Waals surface area contributed by atoms with Crippen LogP contribution in [0.5, 0.6) is 0 Å². The maximum absolute atomic E-state index is 9.01. The number of hydrogen-bond acceptors (Lipinski definition) is 3. The highest BCUT2D eigenvalue weighted by Gasteiger charge is 2.16. The Morgan fingerprint density at radius 2 is 1.94 bits per heavy atom. The molecule has 0 heterocycles. The van der Waals surface area contributed by atoms with Gasteiger partial charge in [-0.3, -0.25) is 4.90 Å². The number of nitrogens with zero attached hydrogens (tertiary/aromatic N) is 2. The van der Waals surface area contributed by atoms with Crippen LogP contribution in [0.25, 0.3) is 0 Å². The van der Waals surface area contributed by atoms with Crippen molar-refractivity contribution in [2.24, 2.45) is 5.41 Å². The Balaban J connectivity index is 4.09.